The van der Waals surface area contributed by atoms with Crippen molar-refractivity contribution in [2.75, 3.05) is 26.7 Å². The fraction of sp³-hybridized carbons (Fsp3) is 0.974. The van der Waals surface area contributed by atoms with E-state index < -0.39 is 29.9 Å². The number of rotatable bonds is 7. The Balaban J connectivity index is 1.20. The van der Waals surface area contributed by atoms with Crippen molar-refractivity contribution in [1.29, 1.82) is 0 Å². The Morgan fingerprint density at radius 1 is 1.11 bits per heavy atom. The highest BCUT2D eigenvalue weighted by Crippen LogP contribution is 2.86. The van der Waals surface area contributed by atoms with Crippen LogP contribution in [0.1, 0.15) is 120 Å². The number of hydrogen-bond donors (Lipinski definition) is 2. The third kappa shape index (κ3) is 5.18. The van der Waals surface area contributed by atoms with E-state index in [1.54, 1.807) is 13.8 Å². The molecule has 258 valence electrons. The van der Waals surface area contributed by atoms with Gasteiger partial charge in [0.25, 0.3) is 0 Å². The first-order valence-corrected chi connectivity index (χ1v) is 18.6. The first-order valence-electron chi connectivity index (χ1n) is 18.6. The fourth-order valence-electron chi connectivity index (χ4n) is 13.2. The molecule has 2 saturated heterocycles. The zero-order chi connectivity index (χ0) is 32.7. The third-order valence-corrected chi connectivity index (χ3v) is 15.4. The summed E-state index contributed by atoms with van der Waals surface area (Å²) >= 11 is 0. The number of carbonyl (C=O) groups is 1. The van der Waals surface area contributed by atoms with Gasteiger partial charge in [0.05, 0.1) is 36.6 Å². The summed E-state index contributed by atoms with van der Waals surface area (Å²) in [6, 6.07) is 0. The highest BCUT2D eigenvalue weighted by atomic mass is 16.6. The molecule has 0 aromatic heterocycles. The predicted molar refractivity (Wildman–Crippen MR) is 175 cm³/mol. The Kier molecular flexibility index (Phi) is 8.88. The van der Waals surface area contributed by atoms with Gasteiger partial charge in [-0.15, -0.1) is 0 Å². The first kappa shape index (κ1) is 34.1. The van der Waals surface area contributed by atoms with E-state index in [1.165, 1.54) is 51.9 Å². The molecule has 0 aromatic rings. The van der Waals surface area contributed by atoms with E-state index in [-0.39, 0.29) is 28.8 Å². The summed E-state index contributed by atoms with van der Waals surface area (Å²) < 4.78 is 18.6. The van der Waals surface area contributed by atoms with Crippen molar-refractivity contribution >= 4 is 5.97 Å². The van der Waals surface area contributed by atoms with Crippen molar-refractivity contribution in [3.8, 4) is 0 Å². The number of ether oxygens (including phenoxy) is 3. The summed E-state index contributed by atoms with van der Waals surface area (Å²) in [5.74, 6) is 2.08. The van der Waals surface area contributed by atoms with E-state index in [4.69, 9.17) is 14.2 Å². The lowest BCUT2D eigenvalue weighted by Gasteiger charge is -2.59. The second-order valence-electron chi connectivity index (χ2n) is 18.0. The smallest absolute Gasteiger partial charge is 0.303 e. The molecule has 0 aromatic carbocycles. The van der Waals surface area contributed by atoms with Gasteiger partial charge in [-0.25, -0.2) is 0 Å². The van der Waals surface area contributed by atoms with Gasteiger partial charge >= 0.3 is 5.97 Å². The van der Waals surface area contributed by atoms with Gasteiger partial charge in [-0.1, -0.05) is 41.0 Å². The van der Waals surface area contributed by atoms with Crippen LogP contribution in [0.3, 0.4) is 0 Å². The van der Waals surface area contributed by atoms with Crippen LogP contribution >= 0.6 is 0 Å². The molecule has 0 amide bonds. The van der Waals surface area contributed by atoms with Gasteiger partial charge in [0, 0.05) is 25.4 Å². The molecule has 7 nitrogen and oxygen atoms in total. The molecule has 0 bridgehead atoms. The Labute approximate surface area is 273 Å². The monoisotopic (exact) mass is 631 g/mol. The number of hydrogen-bond acceptors (Lipinski definition) is 7. The lowest BCUT2D eigenvalue weighted by Crippen LogP contribution is -2.56. The highest BCUT2D eigenvalue weighted by molar-refractivity contribution is 5.66. The third-order valence-electron chi connectivity index (χ3n) is 15.4. The molecule has 45 heavy (non-hydrogen) atoms. The Bertz CT molecular complexity index is 1110. The van der Waals surface area contributed by atoms with Crippen LogP contribution in [-0.2, 0) is 19.0 Å². The van der Waals surface area contributed by atoms with Crippen molar-refractivity contribution in [2.24, 2.45) is 51.2 Å². The van der Waals surface area contributed by atoms with Gasteiger partial charge in [-0.05, 0) is 125 Å². The number of esters is 1. The average molecular weight is 632 g/mol. The quantitative estimate of drug-likeness (QED) is 0.322. The van der Waals surface area contributed by atoms with E-state index in [0.717, 1.165) is 38.5 Å². The minimum atomic E-state index is -1.24. The molecule has 2 N–H and O–H groups in total. The SMILES string of the molecule is CCC1C2(CCC3(C)C4C(C)CC(C(OC(C)=O)C(C)(C)O)OC4C(O)C13C)CC21CCC(CCC2CN(C)CCO2)CC1C. The molecule has 14 unspecified atom stereocenters. The molecule has 2 spiro atoms. The van der Waals surface area contributed by atoms with E-state index in [2.05, 4.69) is 46.6 Å². The topological polar surface area (TPSA) is 88.5 Å². The Morgan fingerprint density at radius 2 is 1.84 bits per heavy atom. The summed E-state index contributed by atoms with van der Waals surface area (Å²) in [6.45, 7) is 19.9. The van der Waals surface area contributed by atoms with Crippen LogP contribution in [0.25, 0.3) is 0 Å². The minimum Gasteiger partial charge on any atom is -0.457 e. The second-order valence-corrected chi connectivity index (χ2v) is 18.0. The maximum absolute atomic E-state index is 12.5. The van der Waals surface area contributed by atoms with Crippen LogP contribution in [-0.4, -0.2) is 83.9 Å². The first-order chi connectivity index (χ1) is 21.0. The van der Waals surface area contributed by atoms with Crippen molar-refractivity contribution in [3.63, 3.8) is 0 Å². The predicted octanol–water partition coefficient (Wildman–Crippen LogP) is 6.23. The number of carbonyl (C=O) groups excluding carboxylic acids is 1. The standard InChI is InChI=1S/C38H65NO6/c1-10-29-36(8)32(41)31-30(23(2)19-28(45-31)33(34(5,6)42)44-25(4)40)35(36,7)15-16-38(29)22-37(38)14-13-26(20-24(37)3)11-12-27-21-39(9)17-18-43-27/h23-24,26-33,41-42H,10-22H2,1-9H3. The maximum atomic E-state index is 12.5. The fourth-order valence-corrected chi connectivity index (χ4v) is 13.2. The van der Waals surface area contributed by atoms with Crippen LogP contribution < -0.4 is 0 Å². The molecular formula is C38H65NO6. The number of likely N-dealkylation sites (N-methyl/N-ethyl adjacent to an activating group) is 1. The van der Waals surface area contributed by atoms with E-state index in [1.807, 2.05) is 0 Å². The van der Waals surface area contributed by atoms with Crippen LogP contribution in [0.15, 0.2) is 0 Å². The van der Waals surface area contributed by atoms with Crippen LogP contribution in [0, 0.1) is 51.2 Å². The Hall–Kier alpha value is -0.730. The summed E-state index contributed by atoms with van der Waals surface area (Å²) in [7, 11) is 2.21. The second kappa shape index (κ2) is 11.7. The average Bonchev–Trinajstić information content (AvgIpc) is 3.56. The van der Waals surface area contributed by atoms with Gasteiger partial charge < -0.3 is 29.3 Å². The van der Waals surface area contributed by atoms with Gasteiger partial charge in [0.1, 0.15) is 0 Å². The molecule has 2 heterocycles. The van der Waals surface area contributed by atoms with Crippen molar-refractivity contribution < 1.29 is 29.2 Å². The largest absolute Gasteiger partial charge is 0.457 e. The van der Waals surface area contributed by atoms with E-state index in [0.29, 0.717) is 35.2 Å². The highest BCUT2D eigenvalue weighted by Gasteiger charge is 2.81. The van der Waals surface area contributed by atoms with Gasteiger partial charge in [-0.2, -0.15) is 0 Å². The zero-order valence-electron chi connectivity index (χ0n) is 29.9. The summed E-state index contributed by atoms with van der Waals surface area (Å²) in [4.78, 5) is 14.5. The van der Waals surface area contributed by atoms with Gasteiger partial charge in [0.2, 0.25) is 0 Å². The van der Waals surface area contributed by atoms with Crippen molar-refractivity contribution in [2.45, 2.75) is 156 Å². The molecule has 2 aliphatic heterocycles. The van der Waals surface area contributed by atoms with Gasteiger partial charge in [0.15, 0.2) is 6.10 Å². The lowest BCUT2D eigenvalue weighted by atomic mass is 9.45. The summed E-state index contributed by atoms with van der Waals surface area (Å²) in [6.07, 6.45) is 10.3. The molecular weight excluding hydrogens is 566 g/mol. The van der Waals surface area contributed by atoms with Crippen molar-refractivity contribution in [1.82, 2.24) is 4.90 Å². The number of fused-ring (bicyclic) bond motifs is 4. The molecule has 6 fully saturated rings. The van der Waals surface area contributed by atoms with Crippen LogP contribution in [0.5, 0.6) is 0 Å². The van der Waals surface area contributed by atoms with E-state index >= 15 is 0 Å². The lowest BCUT2D eigenvalue weighted by molar-refractivity contribution is -0.216. The maximum Gasteiger partial charge on any atom is 0.303 e. The summed E-state index contributed by atoms with van der Waals surface area (Å²) in [5.41, 5.74) is -0.816. The van der Waals surface area contributed by atoms with Gasteiger partial charge in [-0.3, -0.25) is 4.79 Å². The molecule has 4 aliphatic carbocycles. The molecule has 14 atom stereocenters. The summed E-state index contributed by atoms with van der Waals surface area (Å²) in [5, 5.41) is 23.5. The molecule has 7 heteroatoms. The number of aliphatic hydroxyl groups excluding tert-OH is 1. The molecule has 6 aliphatic rings. The number of aliphatic hydroxyl groups is 2. The Morgan fingerprint density at radius 3 is 2.47 bits per heavy atom. The van der Waals surface area contributed by atoms with Crippen molar-refractivity contribution in [3.05, 3.63) is 0 Å². The number of nitrogens with zero attached hydrogens (tertiary/aromatic N) is 1. The van der Waals surface area contributed by atoms with Crippen LogP contribution in [0.2, 0.25) is 0 Å². The zero-order valence-corrected chi connectivity index (χ0v) is 29.9. The minimum absolute atomic E-state index is 0.0313. The molecule has 0 radical (unpaired) electrons. The molecule has 6 rings (SSSR count). The normalized spacial score (nSPS) is 50.7. The number of morpholine rings is 1. The van der Waals surface area contributed by atoms with Crippen LogP contribution in [0.4, 0.5) is 0 Å². The molecule has 4 saturated carbocycles. The van der Waals surface area contributed by atoms with E-state index in [9.17, 15) is 15.0 Å².